The highest BCUT2D eigenvalue weighted by Gasteiger charge is 2.32. The van der Waals surface area contributed by atoms with Crippen molar-refractivity contribution in [3.63, 3.8) is 0 Å². The third kappa shape index (κ3) is 3.57. The van der Waals surface area contributed by atoms with Gasteiger partial charge in [0.25, 0.3) is 0 Å². The van der Waals surface area contributed by atoms with Crippen LogP contribution >= 0.6 is 11.6 Å². The maximum atomic E-state index is 13.1. The van der Waals surface area contributed by atoms with Gasteiger partial charge in [0.05, 0.1) is 19.8 Å². The van der Waals surface area contributed by atoms with Gasteiger partial charge >= 0.3 is 5.69 Å². The largest absolute Gasteiger partial charge is 0.496 e. The average Bonchev–Trinajstić information content (AvgIpc) is 3.50. The Morgan fingerprint density at radius 1 is 1.25 bits per heavy atom. The first kappa shape index (κ1) is 18.8. The second kappa shape index (κ2) is 7.81. The number of hydrogen-bond donors (Lipinski definition) is 1. The quantitative estimate of drug-likeness (QED) is 0.661. The number of ether oxygens (including phenoxy) is 1. The van der Waals surface area contributed by atoms with E-state index in [0.717, 1.165) is 24.0 Å². The van der Waals surface area contributed by atoms with E-state index in [1.807, 2.05) is 36.4 Å². The molecule has 0 aliphatic heterocycles. The third-order valence-corrected chi connectivity index (χ3v) is 5.11. The van der Waals surface area contributed by atoms with Crippen molar-refractivity contribution in [1.82, 2.24) is 14.3 Å². The second-order valence-corrected chi connectivity index (χ2v) is 7.25. The van der Waals surface area contributed by atoms with Crippen LogP contribution in [0.15, 0.2) is 53.3 Å². The van der Waals surface area contributed by atoms with Crippen molar-refractivity contribution >= 4 is 11.6 Å². The molecule has 1 aromatic heterocycles. The summed E-state index contributed by atoms with van der Waals surface area (Å²) in [6.07, 6.45) is 3.70. The molecule has 2 aromatic carbocycles. The van der Waals surface area contributed by atoms with E-state index >= 15 is 0 Å². The molecule has 0 spiro atoms. The molecule has 1 heterocycles. The van der Waals surface area contributed by atoms with Crippen molar-refractivity contribution in [2.45, 2.75) is 24.9 Å². The first-order valence-electron chi connectivity index (χ1n) is 9.18. The van der Waals surface area contributed by atoms with E-state index in [1.165, 1.54) is 4.68 Å². The standard InChI is InChI=1S/C21H21ClN3O3/c1-28-19-5-3-2-4-15(19)12-18(13-26)25-21(27)24(17-10-11-17)20(23-25)14-6-8-16(22)9-7-14/h2-9,12,17-18,26H,10-11,13H2,1H3. The molecule has 1 aliphatic carbocycles. The van der Waals surface area contributed by atoms with E-state index in [9.17, 15) is 9.90 Å². The molecule has 0 bridgehead atoms. The summed E-state index contributed by atoms with van der Waals surface area (Å²) in [6.45, 7) is -0.250. The molecule has 1 aliphatic rings. The second-order valence-electron chi connectivity index (χ2n) is 6.82. The van der Waals surface area contributed by atoms with Crippen LogP contribution < -0.4 is 10.4 Å². The molecule has 3 aromatic rings. The van der Waals surface area contributed by atoms with Gasteiger partial charge in [0.2, 0.25) is 0 Å². The van der Waals surface area contributed by atoms with Crippen molar-refractivity contribution in [1.29, 1.82) is 0 Å². The molecule has 1 saturated carbocycles. The summed E-state index contributed by atoms with van der Waals surface area (Å²) >= 11 is 6.00. The predicted molar refractivity (Wildman–Crippen MR) is 108 cm³/mol. The summed E-state index contributed by atoms with van der Waals surface area (Å²) in [5.74, 6) is 1.27. The molecule has 0 saturated heterocycles. The minimum absolute atomic E-state index is 0.150. The first-order chi connectivity index (χ1) is 13.6. The number of benzene rings is 2. The topological polar surface area (TPSA) is 69.3 Å². The van der Waals surface area contributed by atoms with Gasteiger partial charge in [-0.25, -0.2) is 9.48 Å². The Bertz CT molecular complexity index is 1020. The fourth-order valence-corrected chi connectivity index (χ4v) is 3.41. The normalized spacial score (nSPS) is 14.8. The number of nitrogens with zero attached hydrogens (tertiary/aromatic N) is 3. The van der Waals surface area contributed by atoms with Crippen LogP contribution in [0.2, 0.25) is 5.02 Å². The molecule has 28 heavy (non-hydrogen) atoms. The monoisotopic (exact) mass is 398 g/mol. The van der Waals surface area contributed by atoms with Crippen LogP contribution in [0.1, 0.15) is 30.5 Å². The molecule has 1 atom stereocenters. The number of hydrogen-bond acceptors (Lipinski definition) is 4. The Hall–Kier alpha value is -2.57. The molecule has 6 nitrogen and oxygen atoms in total. The van der Waals surface area contributed by atoms with Crippen LogP contribution in [0.4, 0.5) is 0 Å². The maximum Gasteiger partial charge on any atom is 0.346 e. The van der Waals surface area contributed by atoms with Crippen LogP contribution in [0.5, 0.6) is 5.75 Å². The van der Waals surface area contributed by atoms with Gasteiger partial charge in [-0.05, 0) is 43.2 Å². The molecule has 0 amide bonds. The van der Waals surface area contributed by atoms with Crippen molar-refractivity contribution in [2.24, 2.45) is 0 Å². The van der Waals surface area contributed by atoms with E-state index in [4.69, 9.17) is 16.3 Å². The Morgan fingerprint density at radius 3 is 2.61 bits per heavy atom. The Morgan fingerprint density at radius 2 is 1.96 bits per heavy atom. The van der Waals surface area contributed by atoms with Crippen molar-refractivity contribution in [2.75, 3.05) is 13.7 Å². The lowest BCUT2D eigenvalue weighted by molar-refractivity contribution is 0.234. The number of methoxy groups -OCH3 is 1. The lowest BCUT2D eigenvalue weighted by Crippen LogP contribution is -2.30. The van der Waals surface area contributed by atoms with Crippen LogP contribution in [-0.2, 0) is 0 Å². The molecule has 1 N–H and O–H groups in total. The smallest absolute Gasteiger partial charge is 0.346 e. The van der Waals surface area contributed by atoms with Gasteiger partial charge in [0.1, 0.15) is 5.75 Å². The Labute approximate surface area is 168 Å². The van der Waals surface area contributed by atoms with E-state index < -0.39 is 6.04 Å². The number of halogens is 1. The fraction of sp³-hybridized carbons (Fsp3) is 0.286. The molecule has 7 heteroatoms. The van der Waals surface area contributed by atoms with Gasteiger partial charge in [-0.2, -0.15) is 0 Å². The van der Waals surface area contributed by atoms with E-state index in [-0.39, 0.29) is 18.3 Å². The molecular formula is C21H21ClN3O3. The average molecular weight is 399 g/mol. The minimum atomic E-state index is -0.602. The van der Waals surface area contributed by atoms with Crippen molar-refractivity contribution in [3.05, 3.63) is 76.0 Å². The zero-order chi connectivity index (χ0) is 19.7. The third-order valence-electron chi connectivity index (χ3n) is 4.86. The van der Waals surface area contributed by atoms with Crippen molar-refractivity contribution in [3.8, 4) is 17.1 Å². The molecule has 1 unspecified atom stereocenters. The van der Waals surface area contributed by atoms with Crippen LogP contribution in [0.3, 0.4) is 0 Å². The highest BCUT2D eigenvalue weighted by molar-refractivity contribution is 6.30. The molecule has 1 fully saturated rings. The van der Waals surface area contributed by atoms with Crippen LogP contribution in [0, 0.1) is 6.42 Å². The molecule has 145 valence electrons. The van der Waals surface area contributed by atoms with Crippen LogP contribution in [0.25, 0.3) is 11.4 Å². The highest BCUT2D eigenvalue weighted by Crippen LogP contribution is 2.37. The lowest BCUT2D eigenvalue weighted by Gasteiger charge is -2.15. The zero-order valence-electron chi connectivity index (χ0n) is 15.5. The van der Waals surface area contributed by atoms with E-state index in [2.05, 4.69) is 5.10 Å². The summed E-state index contributed by atoms with van der Waals surface area (Å²) in [6, 6.07) is 14.3. The first-order valence-corrected chi connectivity index (χ1v) is 9.56. The number of para-hydroxylation sites is 1. The van der Waals surface area contributed by atoms with Crippen molar-refractivity contribution < 1.29 is 9.84 Å². The van der Waals surface area contributed by atoms with Gasteiger partial charge in [-0.1, -0.05) is 29.8 Å². The fourth-order valence-electron chi connectivity index (χ4n) is 3.28. The van der Waals surface area contributed by atoms with Gasteiger partial charge in [-0.15, -0.1) is 5.10 Å². The molecular weight excluding hydrogens is 378 g/mol. The predicted octanol–water partition coefficient (Wildman–Crippen LogP) is 3.49. The van der Waals surface area contributed by atoms with Crippen LogP contribution in [-0.4, -0.2) is 33.2 Å². The summed E-state index contributed by atoms with van der Waals surface area (Å²) in [5.41, 5.74) is 1.39. The van der Waals surface area contributed by atoms with Gasteiger partial charge in [0, 0.05) is 28.6 Å². The number of aromatic nitrogens is 3. The van der Waals surface area contributed by atoms with E-state index in [1.54, 1.807) is 30.2 Å². The lowest BCUT2D eigenvalue weighted by atomic mass is 10.1. The summed E-state index contributed by atoms with van der Waals surface area (Å²) in [7, 11) is 1.59. The number of aliphatic hydroxyl groups excluding tert-OH is 1. The molecule has 1 radical (unpaired) electrons. The maximum absolute atomic E-state index is 13.1. The highest BCUT2D eigenvalue weighted by atomic mass is 35.5. The van der Waals surface area contributed by atoms with Gasteiger partial charge < -0.3 is 9.84 Å². The summed E-state index contributed by atoms with van der Waals surface area (Å²) in [5, 5.41) is 15.2. The van der Waals surface area contributed by atoms with Gasteiger partial charge in [-0.3, -0.25) is 4.57 Å². The number of rotatable bonds is 7. The SMILES string of the molecule is COc1ccccc1[CH]C(CO)n1nc(-c2ccc(Cl)cc2)n(C2CC2)c1=O. The molecule has 4 rings (SSSR count). The Kier molecular flexibility index (Phi) is 5.24. The Balaban J connectivity index is 1.75. The minimum Gasteiger partial charge on any atom is -0.496 e. The van der Waals surface area contributed by atoms with E-state index in [0.29, 0.717) is 16.6 Å². The summed E-state index contributed by atoms with van der Waals surface area (Å²) in [4.78, 5) is 13.1. The van der Waals surface area contributed by atoms with Gasteiger partial charge in [0.15, 0.2) is 5.82 Å². The number of aliphatic hydroxyl groups is 1. The summed E-state index contributed by atoms with van der Waals surface area (Å²) < 4.78 is 8.46. The zero-order valence-corrected chi connectivity index (χ0v) is 16.2.